The van der Waals surface area contributed by atoms with E-state index in [1.807, 2.05) is 6.07 Å². The standard InChI is InChI=1S/C24H25Cl2N3/c25-16-11-12-19(22(26)13-16)23-18-10-8-6-4-2-1-3-5-7-9-17(18)20(14-27)24(29)21(23)15-28/h11-13H,1-10,29H2. The Morgan fingerprint density at radius 1 is 0.759 bits per heavy atom. The molecule has 2 aromatic carbocycles. The number of nitrogens with two attached hydrogens (primary N) is 1. The fourth-order valence-electron chi connectivity index (χ4n) is 4.32. The van der Waals surface area contributed by atoms with Crippen LogP contribution in [-0.4, -0.2) is 0 Å². The van der Waals surface area contributed by atoms with Crippen LogP contribution >= 0.6 is 23.2 Å². The molecule has 0 saturated carbocycles. The van der Waals surface area contributed by atoms with Gasteiger partial charge in [0.05, 0.1) is 16.8 Å². The summed E-state index contributed by atoms with van der Waals surface area (Å²) in [4.78, 5) is 0. The van der Waals surface area contributed by atoms with Crippen molar-refractivity contribution >= 4 is 28.9 Å². The Balaban J connectivity index is 2.28. The van der Waals surface area contributed by atoms with Crippen LogP contribution in [0.25, 0.3) is 11.1 Å². The maximum absolute atomic E-state index is 9.93. The predicted octanol–water partition coefficient (Wildman–Crippen LogP) is 7.21. The molecule has 0 bridgehead atoms. The zero-order valence-corrected chi connectivity index (χ0v) is 18.0. The highest BCUT2D eigenvalue weighted by atomic mass is 35.5. The van der Waals surface area contributed by atoms with Crippen molar-refractivity contribution in [2.24, 2.45) is 0 Å². The Kier molecular flexibility index (Phi) is 7.43. The Bertz CT molecular complexity index is 983. The van der Waals surface area contributed by atoms with E-state index in [4.69, 9.17) is 28.9 Å². The first kappa shape index (κ1) is 21.5. The lowest BCUT2D eigenvalue weighted by Crippen LogP contribution is -2.09. The second kappa shape index (κ2) is 10.0. The van der Waals surface area contributed by atoms with Gasteiger partial charge in [-0.2, -0.15) is 10.5 Å². The first-order valence-electron chi connectivity index (χ1n) is 10.3. The minimum Gasteiger partial charge on any atom is -0.397 e. The van der Waals surface area contributed by atoms with Gasteiger partial charge in [-0.3, -0.25) is 0 Å². The van der Waals surface area contributed by atoms with Crippen molar-refractivity contribution in [1.82, 2.24) is 0 Å². The number of rotatable bonds is 1. The van der Waals surface area contributed by atoms with Crippen LogP contribution < -0.4 is 5.73 Å². The zero-order valence-electron chi connectivity index (χ0n) is 16.5. The molecule has 1 aliphatic carbocycles. The van der Waals surface area contributed by atoms with Gasteiger partial charge in [0.2, 0.25) is 0 Å². The van der Waals surface area contributed by atoms with Gasteiger partial charge in [-0.05, 0) is 48.9 Å². The molecule has 29 heavy (non-hydrogen) atoms. The van der Waals surface area contributed by atoms with E-state index in [2.05, 4.69) is 12.1 Å². The molecule has 2 N–H and O–H groups in total. The summed E-state index contributed by atoms with van der Waals surface area (Å²) in [6.07, 6.45) is 10.9. The summed E-state index contributed by atoms with van der Waals surface area (Å²) in [5.41, 5.74) is 11.0. The normalized spacial score (nSPS) is 15.3. The molecule has 0 aliphatic heterocycles. The number of nitriles is 2. The molecule has 0 unspecified atom stereocenters. The van der Waals surface area contributed by atoms with E-state index in [1.54, 1.807) is 12.1 Å². The molecular formula is C24H25Cl2N3. The molecule has 5 heteroatoms. The topological polar surface area (TPSA) is 73.6 Å². The molecule has 0 fully saturated rings. The quantitative estimate of drug-likeness (QED) is 0.490. The highest BCUT2D eigenvalue weighted by Gasteiger charge is 2.24. The minimum absolute atomic E-state index is 0.266. The molecule has 0 radical (unpaired) electrons. The summed E-state index contributed by atoms with van der Waals surface area (Å²) in [5, 5.41) is 20.8. The van der Waals surface area contributed by atoms with Crippen molar-refractivity contribution in [2.75, 3.05) is 5.73 Å². The zero-order chi connectivity index (χ0) is 20.8. The number of hydrogen-bond acceptors (Lipinski definition) is 3. The first-order chi connectivity index (χ1) is 14.1. The third-order valence-corrected chi connectivity index (χ3v) is 6.33. The SMILES string of the molecule is N#Cc1c(N)c(C#N)c(-c2ccc(Cl)cc2Cl)c2c1CCCCCCCCCC2. The van der Waals surface area contributed by atoms with Gasteiger partial charge in [0.25, 0.3) is 0 Å². The molecular weight excluding hydrogens is 401 g/mol. The summed E-state index contributed by atoms with van der Waals surface area (Å²) in [6, 6.07) is 9.85. The number of nitrogen functional groups attached to an aromatic ring is 1. The van der Waals surface area contributed by atoms with Crippen LogP contribution in [0.3, 0.4) is 0 Å². The summed E-state index contributed by atoms with van der Waals surface area (Å²) in [7, 11) is 0. The lowest BCUT2D eigenvalue weighted by molar-refractivity contribution is 0.560. The third kappa shape index (κ3) is 4.69. The van der Waals surface area contributed by atoms with Crippen molar-refractivity contribution in [1.29, 1.82) is 10.5 Å². The number of benzene rings is 2. The molecule has 0 spiro atoms. The Labute approximate surface area is 183 Å². The van der Waals surface area contributed by atoms with Crippen molar-refractivity contribution in [3.05, 3.63) is 50.5 Å². The number of nitrogens with zero attached hydrogens (tertiary/aromatic N) is 2. The molecule has 0 amide bonds. The number of hydrogen-bond donors (Lipinski definition) is 1. The van der Waals surface area contributed by atoms with Crippen LogP contribution in [0.2, 0.25) is 10.0 Å². The van der Waals surface area contributed by atoms with E-state index in [-0.39, 0.29) is 5.69 Å². The van der Waals surface area contributed by atoms with E-state index >= 15 is 0 Å². The van der Waals surface area contributed by atoms with Crippen molar-refractivity contribution in [3.8, 4) is 23.3 Å². The number of fused-ring (bicyclic) bond motifs is 1. The molecule has 0 atom stereocenters. The minimum atomic E-state index is 0.266. The van der Waals surface area contributed by atoms with Crippen molar-refractivity contribution < 1.29 is 0 Å². The highest BCUT2D eigenvalue weighted by molar-refractivity contribution is 6.36. The molecule has 0 aromatic heterocycles. The summed E-state index contributed by atoms with van der Waals surface area (Å²) < 4.78 is 0. The lowest BCUT2D eigenvalue weighted by atomic mass is 9.82. The van der Waals surface area contributed by atoms with Crippen LogP contribution in [0.4, 0.5) is 5.69 Å². The maximum Gasteiger partial charge on any atom is 0.102 e. The number of halogens is 2. The monoisotopic (exact) mass is 425 g/mol. The lowest BCUT2D eigenvalue weighted by Gasteiger charge is -2.22. The van der Waals surface area contributed by atoms with Gasteiger partial charge < -0.3 is 5.73 Å². The Morgan fingerprint density at radius 3 is 1.86 bits per heavy atom. The second-order valence-electron chi connectivity index (χ2n) is 7.67. The number of anilines is 1. The highest BCUT2D eigenvalue weighted by Crippen LogP contribution is 2.42. The van der Waals surface area contributed by atoms with E-state index in [9.17, 15) is 10.5 Å². The molecule has 3 rings (SSSR count). The van der Waals surface area contributed by atoms with Gasteiger partial charge in [-0.25, -0.2) is 0 Å². The average Bonchev–Trinajstić information content (AvgIpc) is 2.69. The fourth-order valence-corrected chi connectivity index (χ4v) is 4.83. The van der Waals surface area contributed by atoms with Gasteiger partial charge >= 0.3 is 0 Å². The van der Waals surface area contributed by atoms with Crippen molar-refractivity contribution in [2.45, 2.75) is 64.2 Å². The van der Waals surface area contributed by atoms with E-state index in [1.165, 1.54) is 25.7 Å². The maximum atomic E-state index is 9.93. The van der Waals surface area contributed by atoms with Gasteiger partial charge in [0.1, 0.15) is 12.1 Å². The van der Waals surface area contributed by atoms with Crippen LogP contribution in [0.1, 0.15) is 73.6 Å². The summed E-state index contributed by atoms with van der Waals surface area (Å²) in [6.45, 7) is 0. The fraction of sp³-hybridized carbons (Fsp3) is 0.417. The molecule has 150 valence electrons. The summed E-state index contributed by atoms with van der Waals surface area (Å²) in [5.74, 6) is 0. The predicted molar refractivity (Wildman–Crippen MR) is 120 cm³/mol. The van der Waals surface area contributed by atoms with E-state index in [0.29, 0.717) is 21.2 Å². The van der Waals surface area contributed by atoms with Gasteiger partial charge in [0, 0.05) is 21.2 Å². The van der Waals surface area contributed by atoms with Crippen LogP contribution in [0.15, 0.2) is 18.2 Å². The second-order valence-corrected chi connectivity index (χ2v) is 8.52. The van der Waals surface area contributed by atoms with Gasteiger partial charge in [-0.15, -0.1) is 0 Å². The molecule has 0 saturated heterocycles. The van der Waals surface area contributed by atoms with E-state index < -0.39 is 0 Å². The molecule has 1 aliphatic rings. The molecule has 3 nitrogen and oxygen atoms in total. The van der Waals surface area contributed by atoms with Gasteiger partial charge in [-0.1, -0.05) is 67.8 Å². The molecule has 2 aromatic rings. The Hall–Kier alpha value is -2.20. The summed E-state index contributed by atoms with van der Waals surface area (Å²) >= 11 is 12.6. The average molecular weight is 426 g/mol. The van der Waals surface area contributed by atoms with Gasteiger partial charge in [0.15, 0.2) is 0 Å². The van der Waals surface area contributed by atoms with Crippen LogP contribution in [-0.2, 0) is 12.8 Å². The largest absolute Gasteiger partial charge is 0.397 e. The molecule has 0 heterocycles. The van der Waals surface area contributed by atoms with E-state index in [0.717, 1.165) is 60.8 Å². The first-order valence-corrected chi connectivity index (χ1v) is 11.1. The van der Waals surface area contributed by atoms with Crippen LogP contribution in [0, 0.1) is 22.7 Å². The van der Waals surface area contributed by atoms with Crippen molar-refractivity contribution in [3.63, 3.8) is 0 Å². The Morgan fingerprint density at radius 2 is 1.31 bits per heavy atom. The smallest absolute Gasteiger partial charge is 0.102 e. The third-order valence-electron chi connectivity index (χ3n) is 5.78. The van der Waals surface area contributed by atoms with Crippen LogP contribution in [0.5, 0.6) is 0 Å².